The summed E-state index contributed by atoms with van der Waals surface area (Å²) in [6, 6.07) is 16.3. The summed E-state index contributed by atoms with van der Waals surface area (Å²) in [5, 5.41) is 19.2. The first kappa shape index (κ1) is 12.3. The Bertz CT molecular complexity index is 523. The number of phenols is 1. The van der Waals surface area contributed by atoms with Crippen molar-refractivity contribution in [1.29, 1.82) is 0 Å². The number of aromatic hydroxyl groups is 1. The highest BCUT2D eigenvalue weighted by Crippen LogP contribution is 2.12. The average Bonchev–Trinajstić information content (AvgIpc) is 2.40. The Kier molecular flexibility index (Phi) is 4.10. The molecule has 0 saturated heterocycles. The van der Waals surface area contributed by atoms with Gasteiger partial charge >= 0.3 is 0 Å². The summed E-state index contributed by atoms with van der Waals surface area (Å²) >= 11 is 0. The van der Waals surface area contributed by atoms with Crippen molar-refractivity contribution in [3.8, 4) is 5.75 Å². The summed E-state index contributed by atoms with van der Waals surface area (Å²) in [7, 11) is 0. The maximum absolute atomic E-state index is 9.89. The second-order valence-electron chi connectivity index (χ2n) is 4.02. The van der Waals surface area contributed by atoms with Crippen molar-refractivity contribution in [2.24, 2.45) is 4.99 Å². The predicted octanol–water partition coefficient (Wildman–Crippen LogP) is 2.54. The first-order valence-electron chi connectivity index (χ1n) is 5.77. The van der Waals surface area contributed by atoms with Crippen LogP contribution < -0.4 is 0 Å². The van der Waals surface area contributed by atoms with Crippen LogP contribution in [0.4, 0.5) is 0 Å². The number of phenolic OH excluding ortho intramolecular Hbond substituents is 1. The van der Waals surface area contributed by atoms with Crippen molar-refractivity contribution < 1.29 is 10.2 Å². The van der Waals surface area contributed by atoms with Gasteiger partial charge in [-0.15, -0.1) is 0 Å². The van der Waals surface area contributed by atoms with Crippen molar-refractivity contribution in [2.45, 2.75) is 6.10 Å². The lowest BCUT2D eigenvalue weighted by molar-refractivity contribution is 0.187. The van der Waals surface area contributed by atoms with E-state index < -0.39 is 6.10 Å². The SMILES string of the molecule is Oc1cccc(C=NC[C@@H](O)c2ccccc2)c1. The van der Waals surface area contributed by atoms with Crippen LogP contribution in [0.25, 0.3) is 0 Å². The molecular weight excluding hydrogens is 226 g/mol. The van der Waals surface area contributed by atoms with E-state index in [0.29, 0.717) is 6.54 Å². The molecule has 2 aromatic carbocycles. The van der Waals surface area contributed by atoms with Crippen molar-refractivity contribution >= 4 is 6.21 Å². The number of nitrogens with zero attached hydrogens (tertiary/aromatic N) is 1. The van der Waals surface area contributed by atoms with Crippen LogP contribution in [0.15, 0.2) is 59.6 Å². The Balaban J connectivity index is 1.96. The molecule has 0 unspecified atom stereocenters. The van der Waals surface area contributed by atoms with E-state index in [1.54, 1.807) is 24.4 Å². The van der Waals surface area contributed by atoms with Crippen molar-refractivity contribution in [2.75, 3.05) is 6.54 Å². The highest BCUT2D eigenvalue weighted by molar-refractivity contribution is 5.80. The van der Waals surface area contributed by atoms with Gasteiger partial charge in [-0.05, 0) is 23.3 Å². The molecule has 1 atom stereocenters. The molecule has 92 valence electrons. The first-order valence-corrected chi connectivity index (χ1v) is 5.77. The molecule has 0 spiro atoms. The molecule has 0 aliphatic heterocycles. The molecule has 0 aromatic heterocycles. The molecule has 0 heterocycles. The van der Waals surface area contributed by atoms with Crippen molar-refractivity contribution in [1.82, 2.24) is 0 Å². The highest BCUT2D eigenvalue weighted by atomic mass is 16.3. The monoisotopic (exact) mass is 241 g/mol. The summed E-state index contributed by atoms with van der Waals surface area (Å²) in [6.45, 7) is 0.305. The minimum Gasteiger partial charge on any atom is -0.508 e. The lowest BCUT2D eigenvalue weighted by Crippen LogP contribution is -2.01. The van der Waals surface area contributed by atoms with Crippen LogP contribution >= 0.6 is 0 Å². The molecule has 2 N–H and O–H groups in total. The molecule has 18 heavy (non-hydrogen) atoms. The van der Waals surface area contributed by atoms with Crippen LogP contribution in [0, 0.1) is 0 Å². The second kappa shape index (κ2) is 5.98. The zero-order valence-corrected chi connectivity index (χ0v) is 9.90. The number of hydrogen-bond acceptors (Lipinski definition) is 3. The largest absolute Gasteiger partial charge is 0.508 e. The molecule has 3 nitrogen and oxygen atoms in total. The molecule has 0 saturated carbocycles. The molecule has 2 aromatic rings. The number of aliphatic hydroxyl groups is 1. The summed E-state index contributed by atoms with van der Waals surface area (Å²) in [5.74, 6) is 0.211. The van der Waals surface area contributed by atoms with Gasteiger partial charge in [-0.2, -0.15) is 0 Å². The highest BCUT2D eigenvalue weighted by Gasteiger charge is 2.04. The first-order chi connectivity index (χ1) is 8.75. The van der Waals surface area contributed by atoms with Gasteiger partial charge in [-0.3, -0.25) is 4.99 Å². The molecule has 0 aliphatic carbocycles. The molecule has 0 radical (unpaired) electrons. The number of benzene rings is 2. The lowest BCUT2D eigenvalue weighted by Gasteiger charge is -2.07. The van der Waals surface area contributed by atoms with E-state index >= 15 is 0 Å². The summed E-state index contributed by atoms with van der Waals surface area (Å²) in [5.41, 5.74) is 1.67. The third-order valence-electron chi connectivity index (χ3n) is 2.57. The predicted molar refractivity (Wildman–Crippen MR) is 72.0 cm³/mol. The van der Waals surface area contributed by atoms with Crippen LogP contribution in [-0.4, -0.2) is 23.0 Å². The number of rotatable bonds is 4. The third kappa shape index (κ3) is 3.43. The molecule has 2 rings (SSSR count). The van der Waals surface area contributed by atoms with Crippen LogP contribution in [0.3, 0.4) is 0 Å². The van der Waals surface area contributed by atoms with E-state index in [4.69, 9.17) is 0 Å². The molecule has 0 amide bonds. The lowest BCUT2D eigenvalue weighted by atomic mass is 10.1. The Hall–Kier alpha value is -2.13. The topological polar surface area (TPSA) is 52.8 Å². The molecule has 0 aliphatic rings. The minimum atomic E-state index is -0.597. The van der Waals surface area contributed by atoms with Gasteiger partial charge in [-0.1, -0.05) is 42.5 Å². The van der Waals surface area contributed by atoms with Gasteiger partial charge in [0.1, 0.15) is 5.75 Å². The van der Waals surface area contributed by atoms with Gasteiger partial charge < -0.3 is 10.2 Å². The van der Waals surface area contributed by atoms with E-state index in [9.17, 15) is 10.2 Å². The maximum atomic E-state index is 9.89. The van der Waals surface area contributed by atoms with Crippen LogP contribution in [0.5, 0.6) is 5.75 Å². The Morgan fingerprint density at radius 1 is 1.06 bits per heavy atom. The quantitative estimate of drug-likeness (QED) is 0.808. The number of aliphatic hydroxyl groups excluding tert-OH is 1. The maximum Gasteiger partial charge on any atom is 0.116 e. The molecule has 0 bridgehead atoms. The van der Waals surface area contributed by atoms with Gasteiger partial charge in [-0.25, -0.2) is 0 Å². The molecule has 3 heteroatoms. The average molecular weight is 241 g/mol. The Morgan fingerprint density at radius 2 is 1.83 bits per heavy atom. The van der Waals surface area contributed by atoms with Gasteiger partial charge in [0.05, 0.1) is 12.6 Å². The van der Waals surface area contributed by atoms with Crippen molar-refractivity contribution in [3.63, 3.8) is 0 Å². The zero-order valence-electron chi connectivity index (χ0n) is 9.90. The minimum absolute atomic E-state index is 0.211. The Morgan fingerprint density at radius 3 is 2.56 bits per heavy atom. The fraction of sp³-hybridized carbons (Fsp3) is 0.133. The van der Waals surface area contributed by atoms with Gasteiger partial charge in [0, 0.05) is 6.21 Å². The van der Waals surface area contributed by atoms with E-state index in [2.05, 4.69) is 4.99 Å². The summed E-state index contributed by atoms with van der Waals surface area (Å²) < 4.78 is 0. The normalized spacial score (nSPS) is 12.7. The van der Waals surface area contributed by atoms with Crippen LogP contribution in [0.1, 0.15) is 17.2 Å². The second-order valence-corrected chi connectivity index (χ2v) is 4.02. The van der Waals surface area contributed by atoms with E-state index in [1.165, 1.54) is 0 Å². The standard InChI is InChI=1S/C15H15NO2/c17-14-8-4-5-12(9-14)10-16-11-15(18)13-6-2-1-3-7-13/h1-10,15,17-18H,11H2/t15-/m1/s1. The Labute approximate surface area is 106 Å². The van der Waals surface area contributed by atoms with Crippen LogP contribution in [-0.2, 0) is 0 Å². The van der Waals surface area contributed by atoms with E-state index in [0.717, 1.165) is 11.1 Å². The summed E-state index contributed by atoms with van der Waals surface area (Å²) in [6.07, 6.45) is 1.05. The number of hydrogen-bond donors (Lipinski definition) is 2. The molecule has 0 fully saturated rings. The third-order valence-corrected chi connectivity index (χ3v) is 2.57. The smallest absolute Gasteiger partial charge is 0.116 e. The van der Waals surface area contributed by atoms with Crippen molar-refractivity contribution in [3.05, 3.63) is 65.7 Å². The van der Waals surface area contributed by atoms with Gasteiger partial charge in [0.25, 0.3) is 0 Å². The zero-order chi connectivity index (χ0) is 12.8. The van der Waals surface area contributed by atoms with E-state index in [-0.39, 0.29) is 5.75 Å². The molecular formula is C15H15NO2. The summed E-state index contributed by atoms with van der Waals surface area (Å²) in [4.78, 5) is 4.17. The number of aliphatic imine (C=N–C) groups is 1. The fourth-order valence-corrected chi connectivity index (χ4v) is 1.64. The van der Waals surface area contributed by atoms with E-state index in [1.807, 2.05) is 36.4 Å². The fourth-order valence-electron chi connectivity index (χ4n) is 1.64. The van der Waals surface area contributed by atoms with Gasteiger partial charge in [0.2, 0.25) is 0 Å². The van der Waals surface area contributed by atoms with Crippen LogP contribution in [0.2, 0.25) is 0 Å². The van der Waals surface area contributed by atoms with Gasteiger partial charge in [0.15, 0.2) is 0 Å².